The quantitative estimate of drug-likeness (QED) is 0.449. The highest BCUT2D eigenvalue weighted by molar-refractivity contribution is 5.90. The molecule has 34 heavy (non-hydrogen) atoms. The molecular weight excluding hydrogens is 438 g/mol. The third kappa shape index (κ3) is 5.93. The molecule has 1 aromatic heterocycles. The van der Waals surface area contributed by atoms with Crippen molar-refractivity contribution >= 4 is 11.9 Å². The van der Waals surface area contributed by atoms with E-state index in [1.54, 1.807) is 34.0 Å². The van der Waals surface area contributed by atoms with Gasteiger partial charge in [-0.15, -0.1) is 0 Å². The number of ether oxygens (including phenoxy) is 4. The summed E-state index contributed by atoms with van der Waals surface area (Å²) in [6.07, 6.45) is 3.57. The third-order valence-electron chi connectivity index (χ3n) is 5.27. The molecule has 0 saturated carbocycles. The lowest BCUT2D eigenvalue weighted by Crippen LogP contribution is -2.43. The normalized spacial score (nSPS) is 13.4. The van der Waals surface area contributed by atoms with Gasteiger partial charge in [0.15, 0.2) is 18.1 Å². The molecule has 2 aromatic carbocycles. The van der Waals surface area contributed by atoms with Crippen molar-refractivity contribution in [1.29, 1.82) is 0 Å². The fourth-order valence-corrected chi connectivity index (χ4v) is 3.46. The van der Waals surface area contributed by atoms with E-state index in [4.69, 9.17) is 18.9 Å². The summed E-state index contributed by atoms with van der Waals surface area (Å²) in [7, 11) is 0. The highest BCUT2D eigenvalue weighted by Crippen LogP contribution is 2.29. The standard InChI is InChI=1S/C25H27N3O6/c1-2-32-23-16-20(6-9-22(23)33-18-24(29)27-12-14-31-15-13-27)25(30)34-17-19-4-7-21(8-5-19)28-11-3-10-26-28/h3-11,16H,2,12-15,17-18H2,1H3. The Bertz CT molecular complexity index is 1090. The molecule has 1 aliphatic rings. The van der Waals surface area contributed by atoms with Crippen molar-refractivity contribution < 1.29 is 28.5 Å². The first-order valence-electron chi connectivity index (χ1n) is 11.2. The van der Waals surface area contributed by atoms with Crippen LogP contribution < -0.4 is 9.47 Å². The summed E-state index contributed by atoms with van der Waals surface area (Å²) in [5.41, 5.74) is 2.11. The van der Waals surface area contributed by atoms with Gasteiger partial charge in [-0.05, 0) is 48.9 Å². The number of amides is 1. The van der Waals surface area contributed by atoms with E-state index in [-0.39, 0.29) is 19.1 Å². The Morgan fingerprint density at radius 3 is 2.53 bits per heavy atom. The second kappa shape index (κ2) is 11.3. The number of rotatable bonds is 9. The summed E-state index contributed by atoms with van der Waals surface area (Å²) in [5.74, 6) is 0.186. The van der Waals surface area contributed by atoms with Gasteiger partial charge in [-0.2, -0.15) is 5.10 Å². The van der Waals surface area contributed by atoms with Gasteiger partial charge in [-0.25, -0.2) is 9.48 Å². The van der Waals surface area contributed by atoms with Crippen molar-refractivity contribution in [2.24, 2.45) is 0 Å². The number of benzene rings is 2. The molecule has 1 fully saturated rings. The monoisotopic (exact) mass is 465 g/mol. The van der Waals surface area contributed by atoms with Crippen LogP contribution in [0.5, 0.6) is 11.5 Å². The lowest BCUT2D eigenvalue weighted by molar-refractivity contribution is -0.137. The second-order valence-corrected chi connectivity index (χ2v) is 7.57. The first-order valence-corrected chi connectivity index (χ1v) is 11.2. The Morgan fingerprint density at radius 1 is 1.03 bits per heavy atom. The van der Waals surface area contributed by atoms with Crippen molar-refractivity contribution in [2.75, 3.05) is 39.5 Å². The Labute approximate surface area is 197 Å². The smallest absolute Gasteiger partial charge is 0.338 e. The predicted molar refractivity (Wildman–Crippen MR) is 123 cm³/mol. The van der Waals surface area contributed by atoms with Gasteiger partial charge in [0, 0.05) is 25.5 Å². The van der Waals surface area contributed by atoms with Gasteiger partial charge in [0.25, 0.3) is 5.91 Å². The van der Waals surface area contributed by atoms with Crippen LogP contribution in [0.4, 0.5) is 0 Å². The van der Waals surface area contributed by atoms with Crippen LogP contribution in [0.3, 0.4) is 0 Å². The van der Waals surface area contributed by atoms with Crippen LogP contribution in [-0.4, -0.2) is 66.1 Å². The van der Waals surface area contributed by atoms with Crippen molar-refractivity contribution in [1.82, 2.24) is 14.7 Å². The minimum absolute atomic E-state index is 0.113. The SMILES string of the molecule is CCOc1cc(C(=O)OCc2ccc(-n3cccn3)cc2)ccc1OCC(=O)N1CCOCC1. The molecule has 1 saturated heterocycles. The van der Waals surface area contributed by atoms with E-state index in [0.29, 0.717) is 50.0 Å². The van der Waals surface area contributed by atoms with Gasteiger partial charge in [-0.1, -0.05) is 12.1 Å². The molecule has 3 aromatic rings. The van der Waals surface area contributed by atoms with Crippen LogP contribution >= 0.6 is 0 Å². The second-order valence-electron chi connectivity index (χ2n) is 7.57. The lowest BCUT2D eigenvalue weighted by atomic mass is 10.2. The maximum absolute atomic E-state index is 12.6. The van der Waals surface area contributed by atoms with E-state index in [2.05, 4.69) is 5.10 Å². The largest absolute Gasteiger partial charge is 0.490 e. The molecule has 4 rings (SSSR count). The zero-order valence-electron chi connectivity index (χ0n) is 19.0. The number of carbonyl (C=O) groups is 2. The minimum atomic E-state index is -0.479. The van der Waals surface area contributed by atoms with Gasteiger partial charge in [0.2, 0.25) is 0 Å². The maximum Gasteiger partial charge on any atom is 0.338 e. The summed E-state index contributed by atoms with van der Waals surface area (Å²) in [4.78, 5) is 26.7. The van der Waals surface area contributed by atoms with E-state index in [1.165, 1.54) is 0 Å². The molecule has 1 amide bonds. The number of hydrogen-bond acceptors (Lipinski definition) is 7. The number of esters is 1. The molecular formula is C25H27N3O6. The topological polar surface area (TPSA) is 92.1 Å². The molecule has 0 atom stereocenters. The van der Waals surface area contributed by atoms with Gasteiger partial charge in [0.05, 0.1) is 31.1 Å². The Kier molecular flexibility index (Phi) is 7.77. The molecule has 1 aliphatic heterocycles. The number of carbonyl (C=O) groups excluding carboxylic acids is 2. The molecule has 9 heteroatoms. The first-order chi connectivity index (χ1) is 16.6. The van der Waals surface area contributed by atoms with Crippen LogP contribution in [0, 0.1) is 0 Å². The summed E-state index contributed by atoms with van der Waals surface area (Å²) in [6.45, 7) is 4.40. The van der Waals surface area contributed by atoms with E-state index in [0.717, 1.165) is 11.3 Å². The highest BCUT2D eigenvalue weighted by atomic mass is 16.5. The molecule has 0 bridgehead atoms. The van der Waals surface area contributed by atoms with Crippen LogP contribution in [0.15, 0.2) is 60.9 Å². The van der Waals surface area contributed by atoms with E-state index >= 15 is 0 Å². The predicted octanol–water partition coefficient (Wildman–Crippen LogP) is 2.87. The van der Waals surface area contributed by atoms with E-state index in [9.17, 15) is 9.59 Å². The molecule has 0 aliphatic carbocycles. The molecule has 0 unspecified atom stereocenters. The van der Waals surface area contributed by atoms with Crippen LogP contribution in [0.1, 0.15) is 22.8 Å². The molecule has 2 heterocycles. The molecule has 178 valence electrons. The molecule has 9 nitrogen and oxygen atoms in total. The minimum Gasteiger partial charge on any atom is -0.490 e. The van der Waals surface area contributed by atoms with E-state index < -0.39 is 5.97 Å². The fourth-order valence-electron chi connectivity index (χ4n) is 3.46. The average Bonchev–Trinajstić information content (AvgIpc) is 3.42. The number of morpholine rings is 1. The van der Waals surface area contributed by atoms with Gasteiger partial charge >= 0.3 is 5.97 Å². The third-order valence-corrected chi connectivity index (χ3v) is 5.27. The Hall–Kier alpha value is -3.85. The lowest BCUT2D eigenvalue weighted by Gasteiger charge is -2.26. The van der Waals surface area contributed by atoms with Crippen molar-refractivity contribution in [3.8, 4) is 17.2 Å². The van der Waals surface area contributed by atoms with Gasteiger partial charge in [0.1, 0.15) is 6.61 Å². The number of aromatic nitrogens is 2. The fraction of sp³-hybridized carbons (Fsp3) is 0.320. The van der Waals surface area contributed by atoms with Crippen molar-refractivity contribution in [3.05, 3.63) is 72.1 Å². The zero-order chi connectivity index (χ0) is 23.8. The summed E-state index contributed by atoms with van der Waals surface area (Å²) < 4.78 is 23.8. The van der Waals surface area contributed by atoms with Crippen molar-refractivity contribution in [3.63, 3.8) is 0 Å². The first kappa shape index (κ1) is 23.3. The maximum atomic E-state index is 12.6. The van der Waals surface area contributed by atoms with Crippen LogP contribution in [0.2, 0.25) is 0 Å². The molecule has 0 radical (unpaired) electrons. The Morgan fingerprint density at radius 2 is 1.82 bits per heavy atom. The van der Waals surface area contributed by atoms with E-state index in [1.807, 2.05) is 43.5 Å². The summed E-state index contributed by atoms with van der Waals surface area (Å²) in [6, 6.07) is 14.2. The molecule has 0 N–H and O–H groups in total. The van der Waals surface area contributed by atoms with Crippen LogP contribution in [-0.2, 0) is 20.9 Å². The van der Waals surface area contributed by atoms with Crippen molar-refractivity contribution in [2.45, 2.75) is 13.5 Å². The highest BCUT2D eigenvalue weighted by Gasteiger charge is 2.19. The summed E-state index contributed by atoms with van der Waals surface area (Å²) in [5, 5.41) is 4.19. The van der Waals surface area contributed by atoms with Gasteiger partial charge in [-0.3, -0.25) is 4.79 Å². The van der Waals surface area contributed by atoms with Gasteiger partial charge < -0.3 is 23.8 Å². The summed E-state index contributed by atoms with van der Waals surface area (Å²) >= 11 is 0. The number of hydrogen-bond donors (Lipinski definition) is 0. The Balaban J connectivity index is 1.34. The van der Waals surface area contributed by atoms with Crippen LogP contribution in [0.25, 0.3) is 5.69 Å². The zero-order valence-corrected chi connectivity index (χ0v) is 19.0. The average molecular weight is 466 g/mol. The number of nitrogens with zero attached hydrogens (tertiary/aromatic N) is 3. The molecule has 0 spiro atoms.